The molecule has 0 aliphatic carbocycles. The van der Waals surface area contributed by atoms with E-state index in [2.05, 4.69) is 0 Å². The van der Waals surface area contributed by atoms with Crippen molar-refractivity contribution in [1.29, 1.82) is 0 Å². The highest BCUT2D eigenvalue weighted by Crippen LogP contribution is 2.49. The number of Topliss-reactive ketones (excluding diaryl/α,β-unsaturated/α-hetero) is 1. The topological polar surface area (TPSA) is 113 Å². The second kappa shape index (κ2) is 10.7. The molecule has 1 fully saturated rings. The Balaban J connectivity index is 1.78. The molecule has 1 unspecified atom stereocenters. The quantitative estimate of drug-likeness (QED) is 0.221. The highest BCUT2D eigenvalue weighted by atomic mass is 35.5. The van der Waals surface area contributed by atoms with Gasteiger partial charge in [-0.2, -0.15) is 0 Å². The first-order valence-electron chi connectivity index (χ1n) is 11.8. The van der Waals surface area contributed by atoms with Gasteiger partial charge in [0.2, 0.25) is 6.79 Å². The van der Waals surface area contributed by atoms with Crippen molar-refractivity contribution < 1.29 is 43.1 Å². The number of halogens is 2. The summed E-state index contributed by atoms with van der Waals surface area (Å²) >= 11 is 12.8. The summed E-state index contributed by atoms with van der Waals surface area (Å²) in [6.07, 6.45) is 0. The molecule has 0 bridgehead atoms. The van der Waals surface area contributed by atoms with Crippen LogP contribution in [0.15, 0.2) is 48.0 Å². The number of methoxy groups -OCH3 is 4. The number of ether oxygens (including phenoxy) is 6. The van der Waals surface area contributed by atoms with Crippen LogP contribution in [0.25, 0.3) is 5.76 Å². The third kappa shape index (κ3) is 4.29. The molecular formula is C28H23Cl2NO9. The van der Waals surface area contributed by atoms with Crippen LogP contribution in [0.1, 0.15) is 17.2 Å². The van der Waals surface area contributed by atoms with Gasteiger partial charge < -0.3 is 33.5 Å². The SMILES string of the molecule is COc1ccc(C2/C(=C(\O)c3cc(Cl)c(OC)c(Cl)c3OC)C(=O)C(=O)N2c2ccc3c(c2)OCO3)cc1OC. The minimum Gasteiger partial charge on any atom is -0.507 e. The Hall–Kier alpha value is -4.28. The molecule has 2 aliphatic rings. The van der Waals surface area contributed by atoms with E-state index in [1.807, 2.05) is 0 Å². The van der Waals surface area contributed by atoms with Gasteiger partial charge in [0.25, 0.3) is 11.7 Å². The number of anilines is 1. The maximum Gasteiger partial charge on any atom is 0.300 e. The van der Waals surface area contributed by atoms with Crippen LogP contribution in [-0.4, -0.2) is 52.0 Å². The molecule has 0 radical (unpaired) electrons. The van der Waals surface area contributed by atoms with Crippen LogP contribution in [-0.2, 0) is 9.59 Å². The Kier molecular flexibility index (Phi) is 7.31. The van der Waals surface area contributed by atoms with Gasteiger partial charge in [-0.15, -0.1) is 0 Å². The van der Waals surface area contributed by atoms with Crippen molar-refractivity contribution in [3.05, 3.63) is 69.2 Å². The third-order valence-electron chi connectivity index (χ3n) is 6.60. The number of fused-ring (bicyclic) bond motifs is 1. The summed E-state index contributed by atoms with van der Waals surface area (Å²) in [6, 6.07) is 10.00. The largest absolute Gasteiger partial charge is 0.507 e. The van der Waals surface area contributed by atoms with Crippen molar-refractivity contribution in [2.24, 2.45) is 0 Å². The molecule has 40 heavy (non-hydrogen) atoms. The molecule has 2 aliphatic heterocycles. The van der Waals surface area contributed by atoms with Crippen molar-refractivity contribution in [3.8, 4) is 34.5 Å². The Morgan fingerprint density at radius 3 is 2.25 bits per heavy atom. The van der Waals surface area contributed by atoms with E-state index in [9.17, 15) is 14.7 Å². The maximum atomic E-state index is 13.6. The van der Waals surface area contributed by atoms with E-state index >= 15 is 0 Å². The van der Waals surface area contributed by atoms with Crippen molar-refractivity contribution >= 4 is 46.3 Å². The summed E-state index contributed by atoms with van der Waals surface area (Å²) in [4.78, 5) is 28.5. The molecule has 10 nitrogen and oxygen atoms in total. The van der Waals surface area contributed by atoms with Crippen LogP contribution in [0.5, 0.6) is 34.5 Å². The molecule has 3 aromatic rings. The van der Waals surface area contributed by atoms with Crippen LogP contribution in [0.3, 0.4) is 0 Å². The number of carbonyl (C=O) groups is 2. The summed E-state index contributed by atoms with van der Waals surface area (Å²) in [6.45, 7) is 0.0233. The maximum absolute atomic E-state index is 13.6. The summed E-state index contributed by atoms with van der Waals surface area (Å²) in [5.41, 5.74) is 0.543. The van der Waals surface area contributed by atoms with E-state index in [4.69, 9.17) is 51.6 Å². The van der Waals surface area contributed by atoms with Gasteiger partial charge in [0, 0.05) is 11.8 Å². The Bertz CT molecular complexity index is 1570. The number of ketones is 1. The monoisotopic (exact) mass is 587 g/mol. The Morgan fingerprint density at radius 2 is 1.57 bits per heavy atom. The number of aliphatic hydroxyl groups excluding tert-OH is 1. The molecule has 208 valence electrons. The summed E-state index contributed by atoms with van der Waals surface area (Å²) in [5.74, 6) is -0.577. The second-order valence-corrected chi connectivity index (χ2v) is 9.39. The zero-order valence-corrected chi connectivity index (χ0v) is 23.3. The zero-order chi connectivity index (χ0) is 28.7. The predicted molar refractivity (Wildman–Crippen MR) is 146 cm³/mol. The molecule has 1 amide bonds. The van der Waals surface area contributed by atoms with Crippen LogP contribution in [0.2, 0.25) is 10.0 Å². The van der Waals surface area contributed by atoms with Gasteiger partial charge in [-0.3, -0.25) is 14.5 Å². The number of hydrogen-bond acceptors (Lipinski definition) is 9. The van der Waals surface area contributed by atoms with Gasteiger partial charge in [0.15, 0.2) is 34.5 Å². The first kappa shape index (κ1) is 27.3. The molecule has 3 aromatic carbocycles. The fourth-order valence-electron chi connectivity index (χ4n) is 4.76. The zero-order valence-electron chi connectivity index (χ0n) is 21.7. The van der Waals surface area contributed by atoms with E-state index in [-0.39, 0.29) is 39.5 Å². The van der Waals surface area contributed by atoms with E-state index < -0.39 is 23.5 Å². The number of amides is 1. The lowest BCUT2D eigenvalue weighted by Gasteiger charge is -2.26. The Labute approximate surface area is 239 Å². The normalized spacial score (nSPS) is 17.2. The number of carbonyl (C=O) groups excluding carboxylic acids is 2. The van der Waals surface area contributed by atoms with Gasteiger partial charge in [0.1, 0.15) is 10.8 Å². The number of benzene rings is 3. The number of aliphatic hydroxyl groups is 1. The van der Waals surface area contributed by atoms with Gasteiger partial charge in [-0.25, -0.2) is 0 Å². The molecule has 5 rings (SSSR count). The molecule has 0 saturated carbocycles. The number of hydrogen-bond donors (Lipinski definition) is 1. The fourth-order valence-corrected chi connectivity index (χ4v) is 5.45. The van der Waals surface area contributed by atoms with E-state index in [0.29, 0.717) is 34.2 Å². The predicted octanol–water partition coefficient (Wildman–Crippen LogP) is 5.38. The molecular weight excluding hydrogens is 565 g/mol. The molecule has 1 atom stereocenters. The lowest BCUT2D eigenvalue weighted by atomic mass is 9.94. The van der Waals surface area contributed by atoms with Crippen molar-refractivity contribution in [1.82, 2.24) is 0 Å². The summed E-state index contributed by atoms with van der Waals surface area (Å²) < 4.78 is 32.4. The van der Waals surface area contributed by atoms with Gasteiger partial charge in [-0.1, -0.05) is 29.3 Å². The van der Waals surface area contributed by atoms with Gasteiger partial charge in [0.05, 0.1) is 50.6 Å². The second-order valence-electron chi connectivity index (χ2n) is 8.61. The van der Waals surface area contributed by atoms with Crippen molar-refractivity contribution in [2.45, 2.75) is 6.04 Å². The lowest BCUT2D eigenvalue weighted by molar-refractivity contribution is -0.132. The van der Waals surface area contributed by atoms with E-state index in [1.165, 1.54) is 39.4 Å². The van der Waals surface area contributed by atoms with Crippen LogP contribution < -0.4 is 33.3 Å². The van der Waals surface area contributed by atoms with Gasteiger partial charge in [-0.05, 0) is 35.9 Å². The molecule has 0 aromatic heterocycles. The highest BCUT2D eigenvalue weighted by Gasteiger charge is 2.48. The average molecular weight is 588 g/mol. The summed E-state index contributed by atoms with van der Waals surface area (Å²) in [7, 11) is 5.66. The molecule has 1 saturated heterocycles. The number of nitrogens with zero attached hydrogens (tertiary/aromatic N) is 1. The molecule has 1 N–H and O–H groups in total. The van der Waals surface area contributed by atoms with E-state index in [0.717, 1.165) is 0 Å². The smallest absolute Gasteiger partial charge is 0.300 e. The minimum absolute atomic E-state index is 0.000701. The molecule has 0 spiro atoms. The standard InChI is InChI=1S/C28H23Cl2NO9/c1-35-17-7-5-13(9-19(17)36-2)23-21(24(32)15-11-16(29)27(38-4)22(30)26(15)37-3)25(33)28(34)31(23)14-6-8-18-20(10-14)40-12-39-18/h5-11,23,32H,12H2,1-4H3/b24-21+. The highest BCUT2D eigenvalue weighted by molar-refractivity contribution is 6.52. The minimum atomic E-state index is -1.11. The average Bonchev–Trinajstić information content (AvgIpc) is 3.53. The third-order valence-corrected chi connectivity index (χ3v) is 7.22. The molecule has 12 heteroatoms. The Morgan fingerprint density at radius 1 is 0.875 bits per heavy atom. The van der Waals surface area contributed by atoms with Gasteiger partial charge >= 0.3 is 0 Å². The number of rotatable bonds is 7. The molecule has 2 heterocycles. The van der Waals surface area contributed by atoms with Crippen LogP contribution >= 0.6 is 23.2 Å². The lowest BCUT2D eigenvalue weighted by Crippen LogP contribution is -2.29. The van der Waals surface area contributed by atoms with Crippen molar-refractivity contribution in [3.63, 3.8) is 0 Å². The first-order chi connectivity index (χ1) is 19.2. The summed E-state index contributed by atoms with van der Waals surface area (Å²) in [5, 5.41) is 11.7. The van der Waals surface area contributed by atoms with Crippen LogP contribution in [0, 0.1) is 0 Å². The van der Waals surface area contributed by atoms with E-state index in [1.54, 1.807) is 36.4 Å². The first-order valence-corrected chi connectivity index (χ1v) is 12.5. The van der Waals surface area contributed by atoms with Crippen LogP contribution in [0.4, 0.5) is 5.69 Å². The van der Waals surface area contributed by atoms with Crippen molar-refractivity contribution in [2.75, 3.05) is 40.1 Å². The fraction of sp³-hybridized carbons (Fsp3) is 0.214.